The Bertz CT molecular complexity index is 1060. The van der Waals surface area contributed by atoms with Crippen LogP contribution in [0.2, 0.25) is 0 Å². The van der Waals surface area contributed by atoms with Crippen LogP contribution in [0, 0.1) is 0 Å². The van der Waals surface area contributed by atoms with Crippen LogP contribution in [-0.4, -0.2) is 45.9 Å². The van der Waals surface area contributed by atoms with E-state index in [1.165, 1.54) is 17.0 Å². The van der Waals surface area contributed by atoms with E-state index in [4.69, 9.17) is 4.74 Å². The monoisotopic (exact) mass is 378 g/mol. The number of pyridine rings is 1. The van der Waals surface area contributed by atoms with Gasteiger partial charge in [-0.15, -0.1) is 10.2 Å². The molecule has 5 rings (SSSR count). The third-order valence-corrected chi connectivity index (χ3v) is 5.25. The third kappa shape index (κ3) is 3.24. The second kappa shape index (κ2) is 6.98. The highest BCUT2D eigenvalue weighted by atomic mass is 32.1. The summed E-state index contributed by atoms with van der Waals surface area (Å²) in [6, 6.07) is 12.5. The lowest BCUT2D eigenvalue weighted by Gasteiger charge is -2.28. The van der Waals surface area contributed by atoms with Crippen molar-refractivity contribution >= 4 is 33.5 Å². The van der Waals surface area contributed by atoms with Gasteiger partial charge in [0.2, 0.25) is 5.13 Å². The second-order valence-electron chi connectivity index (χ2n) is 6.31. The predicted molar refractivity (Wildman–Crippen MR) is 107 cm³/mol. The molecule has 4 heterocycles. The minimum Gasteiger partial charge on any atom is -0.378 e. The quantitative estimate of drug-likeness (QED) is 0.587. The van der Waals surface area contributed by atoms with E-state index in [1.54, 1.807) is 5.51 Å². The molecule has 1 aliphatic rings. The number of benzene rings is 1. The van der Waals surface area contributed by atoms with E-state index in [-0.39, 0.29) is 0 Å². The second-order valence-corrected chi connectivity index (χ2v) is 7.14. The molecule has 0 bridgehead atoms. The molecular formula is C19H18N6OS. The lowest BCUT2D eigenvalue weighted by molar-refractivity contribution is 0.122. The summed E-state index contributed by atoms with van der Waals surface area (Å²) in [6.07, 6.45) is 4.01. The van der Waals surface area contributed by atoms with Gasteiger partial charge >= 0.3 is 0 Å². The number of aromatic nitrogens is 4. The fourth-order valence-corrected chi connectivity index (χ4v) is 3.77. The minimum absolute atomic E-state index is 0.777. The number of imidazole rings is 1. The van der Waals surface area contributed by atoms with Gasteiger partial charge in [-0.3, -0.25) is 4.40 Å². The molecule has 1 aliphatic heterocycles. The predicted octanol–water partition coefficient (Wildman–Crippen LogP) is 3.43. The maximum absolute atomic E-state index is 5.44. The van der Waals surface area contributed by atoms with Crippen LogP contribution in [-0.2, 0) is 4.74 Å². The number of rotatable bonds is 4. The fraction of sp³-hybridized carbons (Fsp3) is 0.211. The summed E-state index contributed by atoms with van der Waals surface area (Å²) in [4.78, 5) is 6.96. The zero-order chi connectivity index (χ0) is 18.1. The number of nitrogens with one attached hydrogen (secondary N) is 1. The van der Waals surface area contributed by atoms with Crippen molar-refractivity contribution in [3.8, 4) is 11.3 Å². The first-order valence-corrected chi connectivity index (χ1v) is 9.68. The van der Waals surface area contributed by atoms with Gasteiger partial charge in [0.05, 0.1) is 25.1 Å². The van der Waals surface area contributed by atoms with E-state index >= 15 is 0 Å². The molecule has 1 N–H and O–H groups in total. The van der Waals surface area contributed by atoms with Crippen LogP contribution >= 0.6 is 11.3 Å². The van der Waals surface area contributed by atoms with Gasteiger partial charge in [-0.1, -0.05) is 23.5 Å². The summed E-state index contributed by atoms with van der Waals surface area (Å²) in [5.41, 5.74) is 6.97. The molecule has 1 aromatic carbocycles. The van der Waals surface area contributed by atoms with Crippen molar-refractivity contribution < 1.29 is 4.74 Å². The molecule has 7 nitrogen and oxygen atoms in total. The smallest absolute Gasteiger partial charge is 0.209 e. The van der Waals surface area contributed by atoms with Crippen LogP contribution in [0.25, 0.3) is 16.9 Å². The van der Waals surface area contributed by atoms with Gasteiger partial charge in [-0.2, -0.15) is 0 Å². The Kier molecular flexibility index (Phi) is 4.19. The normalized spacial score (nSPS) is 14.6. The van der Waals surface area contributed by atoms with E-state index in [1.807, 2.05) is 18.3 Å². The van der Waals surface area contributed by atoms with E-state index in [0.29, 0.717) is 0 Å². The van der Waals surface area contributed by atoms with E-state index in [2.05, 4.69) is 60.3 Å². The molecule has 0 aliphatic carbocycles. The molecule has 0 spiro atoms. The van der Waals surface area contributed by atoms with Crippen molar-refractivity contribution in [2.75, 3.05) is 36.5 Å². The van der Waals surface area contributed by atoms with Gasteiger partial charge in [0.1, 0.15) is 11.2 Å². The molecule has 1 saturated heterocycles. The maximum Gasteiger partial charge on any atom is 0.209 e. The van der Waals surface area contributed by atoms with Crippen molar-refractivity contribution in [2.24, 2.45) is 0 Å². The molecule has 0 amide bonds. The van der Waals surface area contributed by atoms with Crippen molar-refractivity contribution in [3.05, 3.63) is 54.3 Å². The summed E-state index contributed by atoms with van der Waals surface area (Å²) in [7, 11) is 0. The third-order valence-electron chi connectivity index (χ3n) is 4.64. The summed E-state index contributed by atoms with van der Waals surface area (Å²) >= 11 is 1.47. The topological polar surface area (TPSA) is 67.6 Å². The summed E-state index contributed by atoms with van der Waals surface area (Å²) in [5, 5.41) is 12.0. The molecule has 8 heteroatoms. The van der Waals surface area contributed by atoms with Crippen molar-refractivity contribution in [1.29, 1.82) is 0 Å². The number of anilines is 3. The Balaban J connectivity index is 1.46. The maximum atomic E-state index is 5.44. The van der Waals surface area contributed by atoms with Crippen LogP contribution < -0.4 is 10.2 Å². The van der Waals surface area contributed by atoms with E-state index in [0.717, 1.165) is 54.0 Å². The lowest BCUT2D eigenvalue weighted by atomic mass is 10.1. The molecule has 4 aromatic rings. The zero-order valence-corrected chi connectivity index (χ0v) is 15.4. The average Bonchev–Trinajstić information content (AvgIpc) is 3.38. The Morgan fingerprint density at radius 2 is 2.04 bits per heavy atom. The van der Waals surface area contributed by atoms with Crippen molar-refractivity contribution in [3.63, 3.8) is 0 Å². The van der Waals surface area contributed by atoms with Gasteiger partial charge in [-0.25, -0.2) is 4.98 Å². The highest BCUT2D eigenvalue weighted by Gasteiger charge is 2.13. The largest absolute Gasteiger partial charge is 0.378 e. The highest BCUT2D eigenvalue weighted by Crippen LogP contribution is 2.27. The van der Waals surface area contributed by atoms with Crippen LogP contribution in [0.15, 0.2) is 54.3 Å². The molecule has 0 atom stereocenters. The van der Waals surface area contributed by atoms with Gasteiger partial charge in [0.15, 0.2) is 0 Å². The van der Waals surface area contributed by atoms with Crippen molar-refractivity contribution in [2.45, 2.75) is 0 Å². The summed E-state index contributed by atoms with van der Waals surface area (Å²) in [5.74, 6) is 0. The molecule has 0 radical (unpaired) electrons. The standard InChI is InChI=1S/C19H18N6OS/c1-2-14(10-15(3-1)22-19-23-21-13-27-19)17-12-20-18-11-16(4-5-25(17)18)24-6-8-26-9-7-24/h1-5,10-13H,6-9H2,(H,22,23). The molecule has 0 saturated carbocycles. The summed E-state index contributed by atoms with van der Waals surface area (Å²) < 4.78 is 7.56. The van der Waals surface area contributed by atoms with Gasteiger partial charge in [0.25, 0.3) is 0 Å². The van der Waals surface area contributed by atoms with Crippen LogP contribution in [0.5, 0.6) is 0 Å². The number of nitrogens with zero attached hydrogens (tertiary/aromatic N) is 5. The first kappa shape index (κ1) is 16.2. The number of morpholine rings is 1. The van der Waals surface area contributed by atoms with Crippen LogP contribution in [0.3, 0.4) is 0 Å². The molecule has 0 unspecified atom stereocenters. The first-order valence-electron chi connectivity index (χ1n) is 8.80. The van der Waals surface area contributed by atoms with Gasteiger partial charge < -0.3 is 15.0 Å². The van der Waals surface area contributed by atoms with Gasteiger partial charge in [0, 0.05) is 42.3 Å². The molecule has 136 valence electrons. The highest BCUT2D eigenvalue weighted by molar-refractivity contribution is 7.13. The fourth-order valence-electron chi connectivity index (χ4n) is 3.31. The van der Waals surface area contributed by atoms with Gasteiger partial charge in [-0.05, 0) is 18.2 Å². The zero-order valence-electron chi connectivity index (χ0n) is 14.6. The Morgan fingerprint density at radius 1 is 1.11 bits per heavy atom. The lowest BCUT2D eigenvalue weighted by Crippen LogP contribution is -2.36. The first-order chi connectivity index (χ1) is 13.4. The van der Waals surface area contributed by atoms with E-state index in [9.17, 15) is 0 Å². The SMILES string of the molecule is c1cc(Nc2nncs2)cc(-c2cnc3cc(N4CCOCC4)ccn23)c1. The molecular weight excluding hydrogens is 360 g/mol. The average molecular weight is 378 g/mol. The Hall–Kier alpha value is -2.97. The Labute approximate surface area is 160 Å². The Morgan fingerprint density at radius 3 is 2.89 bits per heavy atom. The number of hydrogen-bond donors (Lipinski definition) is 1. The minimum atomic E-state index is 0.777. The van der Waals surface area contributed by atoms with Crippen LogP contribution in [0.4, 0.5) is 16.5 Å². The number of ether oxygens (including phenoxy) is 1. The number of fused-ring (bicyclic) bond motifs is 1. The molecule has 3 aromatic heterocycles. The number of hydrogen-bond acceptors (Lipinski definition) is 7. The van der Waals surface area contributed by atoms with Crippen LogP contribution in [0.1, 0.15) is 0 Å². The molecule has 1 fully saturated rings. The summed E-state index contributed by atoms with van der Waals surface area (Å²) in [6.45, 7) is 3.39. The van der Waals surface area contributed by atoms with E-state index < -0.39 is 0 Å². The van der Waals surface area contributed by atoms with Crippen molar-refractivity contribution in [1.82, 2.24) is 19.6 Å². The molecule has 27 heavy (non-hydrogen) atoms.